The van der Waals surface area contributed by atoms with E-state index in [1.165, 1.54) is 16.6 Å². The lowest BCUT2D eigenvalue weighted by molar-refractivity contribution is 0.625. The number of hydrogen-bond donors (Lipinski definition) is 2. The van der Waals surface area contributed by atoms with Gasteiger partial charge in [0.25, 0.3) is 0 Å². The zero-order valence-electron chi connectivity index (χ0n) is 11.4. The number of H-pyrrole nitrogens is 1. The first-order chi connectivity index (χ1) is 10.1. The highest BCUT2D eigenvalue weighted by atomic mass is 19.1. The molecule has 2 N–H and O–H groups in total. The summed E-state index contributed by atoms with van der Waals surface area (Å²) in [7, 11) is 0. The molecule has 0 unspecified atom stereocenters. The maximum absolute atomic E-state index is 13.0. The van der Waals surface area contributed by atoms with Crippen molar-refractivity contribution >= 4 is 11.5 Å². The van der Waals surface area contributed by atoms with Crippen LogP contribution in [0.5, 0.6) is 0 Å². The van der Waals surface area contributed by atoms with Crippen molar-refractivity contribution in [3.63, 3.8) is 0 Å². The third-order valence-corrected chi connectivity index (χ3v) is 3.28. The second-order valence-electron chi connectivity index (χ2n) is 4.76. The van der Waals surface area contributed by atoms with Gasteiger partial charge in [0.05, 0.1) is 0 Å². The van der Waals surface area contributed by atoms with Crippen molar-refractivity contribution < 1.29 is 4.39 Å². The van der Waals surface area contributed by atoms with E-state index < -0.39 is 0 Å². The monoisotopic (exact) mass is 287 g/mol. The first-order valence-electron chi connectivity index (χ1n) is 6.57. The fourth-order valence-electron chi connectivity index (χ4n) is 2.16. The Kier molecular flexibility index (Phi) is 3.39. The number of nitrogens with one attached hydrogen (secondary N) is 2. The van der Waals surface area contributed by atoms with Crippen molar-refractivity contribution in [2.45, 2.75) is 13.3 Å². The fraction of sp³-hybridized carbons (Fsp3) is 0.214. The summed E-state index contributed by atoms with van der Waals surface area (Å²) in [6, 6.07) is 8.22. The third-order valence-electron chi connectivity index (χ3n) is 3.28. The average molecular weight is 287 g/mol. The Bertz CT molecular complexity index is 839. The smallest absolute Gasteiger partial charge is 0.364 e. The van der Waals surface area contributed by atoms with Gasteiger partial charge in [-0.25, -0.2) is 14.3 Å². The highest BCUT2D eigenvalue weighted by molar-refractivity contribution is 5.43. The minimum absolute atomic E-state index is 0.226. The van der Waals surface area contributed by atoms with Crippen LogP contribution in [0.2, 0.25) is 0 Å². The molecule has 0 bridgehead atoms. The predicted molar refractivity (Wildman–Crippen MR) is 76.9 cm³/mol. The minimum atomic E-state index is -0.372. The number of aromatic amines is 1. The highest BCUT2D eigenvalue weighted by Crippen LogP contribution is 2.11. The molecule has 0 atom stereocenters. The first-order valence-corrected chi connectivity index (χ1v) is 6.57. The fourth-order valence-corrected chi connectivity index (χ4v) is 2.16. The first kappa shape index (κ1) is 13.3. The molecule has 7 heteroatoms. The summed E-state index contributed by atoms with van der Waals surface area (Å²) in [6.07, 6.45) is 0.742. The molecule has 0 aliphatic rings. The standard InChI is InChI=1S/C14H14FN5O/c1-9-8-11(15)3-2-10(9)6-7-16-12-4-5-13-17-18-14(21)20(13)19-12/h2-5,8H,6-7H2,1H3,(H,16,19)(H,18,21). The van der Waals surface area contributed by atoms with Crippen molar-refractivity contribution in [1.29, 1.82) is 0 Å². The SMILES string of the molecule is Cc1cc(F)ccc1CCNc1ccc2n[nH]c(=O)n2n1. The van der Waals surface area contributed by atoms with Crippen molar-refractivity contribution in [3.05, 3.63) is 57.8 Å². The molecule has 0 saturated heterocycles. The average Bonchev–Trinajstić information content (AvgIpc) is 2.83. The van der Waals surface area contributed by atoms with Crippen molar-refractivity contribution in [2.24, 2.45) is 0 Å². The maximum Gasteiger partial charge on any atom is 0.364 e. The van der Waals surface area contributed by atoms with Crippen LogP contribution in [0, 0.1) is 12.7 Å². The Morgan fingerprint density at radius 2 is 2.19 bits per heavy atom. The van der Waals surface area contributed by atoms with E-state index in [2.05, 4.69) is 20.6 Å². The summed E-state index contributed by atoms with van der Waals surface area (Å²) >= 11 is 0. The molecular weight excluding hydrogens is 273 g/mol. The molecule has 3 aromatic rings. The molecule has 0 aliphatic heterocycles. The molecule has 1 aromatic carbocycles. The van der Waals surface area contributed by atoms with Gasteiger partial charge in [0.2, 0.25) is 0 Å². The van der Waals surface area contributed by atoms with E-state index in [9.17, 15) is 9.18 Å². The summed E-state index contributed by atoms with van der Waals surface area (Å²) < 4.78 is 14.2. The van der Waals surface area contributed by atoms with Gasteiger partial charge in [0.15, 0.2) is 5.65 Å². The van der Waals surface area contributed by atoms with Crippen LogP contribution in [0.4, 0.5) is 10.2 Å². The Balaban J connectivity index is 1.68. The van der Waals surface area contributed by atoms with E-state index in [1.54, 1.807) is 18.2 Å². The predicted octanol–water partition coefficient (Wildman–Crippen LogP) is 1.52. The molecule has 108 valence electrons. The molecule has 6 nitrogen and oxygen atoms in total. The Morgan fingerprint density at radius 1 is 1.33 bits per heavy atom. The number of halogens is 1. The highest BCUT2D eigenvalue weighted by Gasteiger charge is 2.03. The van der Waals surface area contributed by atoms with Gasteiger partial charge in [-0.15, -0.1) is 5.10 Å². The lowest BCUT2D eigenvalue weighted by atomic mass is 10.1. The van der Waals surface area contributed by atoms with Gasteiger partial charge in [0.1, 0.15) is 11.6 Å². The normalized spacial score (nSPS) is 11.0. The van der Waals surface area contributed by atoms with E-state index in [-0.39, 0.29) is 11.5 Å². The molecule has 0 fully saturated rings. The second-order valence-corrected chi connectivity index (χ2v) is 4.76. The summed E-state index contributed by atoms with van der Waals surface area (Å²) in [5.41, 5.74) is 2.10. The van der Waals surface area contributed by atoms with Crippen LogP contribution in [0.3, 0.4) is 0 Å². The maximum atomic E-state index is 13.0. The minimum Gasteiger partial charge on any atom is -0.368 e. The molecule has 0 spiro atoms. The van der Waals surface area contributed by atoms with Gasteiger partial charge in [0, 0.05) is 6.54 Å². The molecule has 2 heterocycles. The summed E-state index contributed by atoms with van der Waals surface area (Å²) in [6.45, 7) is 2.52. The zero-order chi connectivity index (χ0) is 14.8. The summed E-state index contributed by atoms with van der Waals surface area (Å²) in [5, 5.41) is 13.4. The molecule has 0 aliphatic carbocycles. The van der Waals surface area contributed by atoms with Gasteiger partial charge in [-0.05, 0) is 48.7 Å². The molecule has 0 saturated carbocycles. The van der Waals surface area contributed by atoms with E-state index >= 15 is 0 Å². The van der Waals surface area contributed by atoms with Crippen molar-refractivity contribution in [3.8, 4) is 0 Å². The van der Waals surface area contributed by atoms with E-state index in [0.717, 1.165) is 17.5 Å². The molecule has 2 aromatic heterocycles. The van der Waals surface area contributed by atoms with Crippen LogP contribution in [0.1, 0.15) is 11.1 Å². The van der Waals surface area contributed by atoms with Crippen LogP contribution in [-0.4, -0.2) is 26.4 Å². The second kappa shape index (κ2) is 5.35. The quantitative estimate of drug-likeness (QED) is 0.763. The van der Waals surface area contributed by atoms with Gasteiger partial charge in [-0.2, -0.15) is 9.61 Å². The number of nitrogens with zero attached hydrogens (tertiary/aromatic N) is 3. The number of fused-ring (bicyclic) bond motifs is 1. The van der Waals surface area contributed by atoms with Crippen LogP contribution < -0.4 is 11.0 Å². The lowest BCUT2D eigenvalue weighted by Crippen LogP contribution is -2.15. The number of aryl methyl sites for hydroxylation is 1. The number of aromatic nitrogens is 4. The molecular formula is C14H14FN5O. The number of hydrogen-bond acceptors (Lipinski definition) is 4. The van der Waals surface area contributed by atoms with Crippen molar-refractivity contribution in [2.75, 3.05) is 11.9 Å². The van der Waals surface area contributed by atoms with E-state index in [4.69, 9.17) is 0 Å². The van der Waals surface area contributed by atoms with Crippen molar-refractivity contribution in [1.82, 2.24) is 19.8 Å². The molecule has 0 radical (unpaired) electrons. The van der Waals surface area contributed by atoms with Crippen LogP contribution in [0.15, 0.2) is 35.1 Å². The van der Waals surface area contributed by atoms with Gasteiger partial charge < -0.3 is 5.32 Å². The van der Waals surface area contributed by atoms with Crippen LogP contribution >= 0.6 is 0 Å². The molecule has 0 amide bonds. The van der Waals surface area contributed by atoms with E-state index in [0.29, 0.717) is 18.0 Å². The lowest BCUT2D eigenvalue weighted by Gasteiger charge is -2.08. The summed E-state index contributed by atoms with van der Waals surface area (Å²) in [5.74, 6) is 0.362. The number of anilines is 1. The van der Waals surface area contributed by atoms with Gasteiger partial charge in [-0.1, -0.05) is 6.07 Å². The largest absolute Gasteiger partial charge is 0.368 e. The topological polar surface area (TPSA) is 75.1 Å². The zero-order valence-corrected chi connectivity index (χ0v) is 11.4. The third kappa shape index (κ3) is 2.76. The van der Waals surface area contributed by atoms with Gasteiger partial charge >= 0.3 is 5.69 Å². The Labute approximate surface area is 119 Å². The number of rotatable bonds is 4. The van der Waals surface area contributed by atoms with Gasteiger partial charge in [-0.3, -0.25) is 0 Å². The Morgan fingerprint density at radius 3 is 3.00 bits per heavy atom. The summed E-state index contributed by atoms with van der Waals surface area (Å²) in [4.78, 5) is 11.4. The Hall–Kier alpha value is -2.70. The van der Waals surface area contributed by atoms with Crippen LogP contribution in [0.25, 0.3) is 5.65 Å². The van der Waals surface area contributed by atoms with Crippen LogP contribution in [-0.2, 0) is 6.42 Å². The molecule has 21 heavy (non-hydrogen) atoms. The molecule has 3 rings (SSSR count). The number of benzene rings is 1. The van der Waals surface area contributed by atoms with E-state index in [1.807, 2.05) is 6.92 Å².